The fourth-order valence-corrected chi connectivity index (χ4v) is 5.36. The molecular weight excluding hydrogens is 541 g/mol. The number of fused-ring (bicyclic) bond motifs is 4. The second-order valence-electron chi connectivity index (χ2n) is 8.92. The first-order valence-electron chi connectivity index (χ1n) is 12.2. The number of aryl methyl sites for hydroxylation is 1. The Bertz CT molecular complexity index is 1760. The zero-order valence-corrected chi connectivity index (χ0v) is 22.1. The maximum Gasteiger partial charge on any atom is 0.411 e. The minimum absolute atomic E-state index is 0.0802. The Balaban J connectivity index is 1.25. The van der Waals surface area contributed by atoms with Crippen molar-refractivity contribution >= 4 is 44.4 Å². The molecule has 11 nitrogen and oxygen atoms in total. The first-order valence-corrected chi connectivity index (χ1v) is 13.0. The second kappa shape index (κ2) is 10.5. The standard InChI is InChI=1S/C27H22FN5O6S/c1-13-5-15(3-4-29-13)31-27(35)38-12-16-11-37-24-20(39-16)8-18(28)23-25(24)40-26(33-23)17-6-14(10-34)7-19-22(17)30-9-21(32-19)36-2/h3-9,16,34H,10-12H2,1-2H3,(H,29,31,35)/t16-/m1/s1. The van der Waals surface area contributed by atoms with Crippen molar-refractivity contribution in [3.63, 3.8) is 0 Å². The molecule has 0 fully saturated rings. The van der Waals surface area contributed by atoms with Crippen LogP contribution >= 0.6 is 11.3 Å². The maximum atomic E-state index is 15.2. The number of hydrogen-bond acceptors (Lipinski definition) is 11. The Hall–Kier alpha value is -4.62. The zero-order valence-electron chi connectivity index (χ0n) is 21.3. The van der Waals surface area contributed by atoms with Crippen LogP contribution < -0.4 is 19.5 Å². The summed E-state index contributed by atoms with van der Waals surface area (Å²) in [5, 5.41) is 12.9. The third kappa shape index (κ3) is 4.92. The van der Waals surface area contributed by atoms with Gasteiger partial charge in [-0.05, 0) is 36.8 Å². The molecule has 5 aromatic rings. The van der Waals surface area contributed by atoms with E-state index >= 15 is 4.39 Å². The van der Waals surface area contributed by atoms with Crippen molar-refractivity contribution in [3.8, 4) is 28.0 Å². The summed E-state index contributed by atoms with van der Waals surface area (Å²) in [5.41, 5.74) is 3.64. The number of amides is 1. The molecule has 0 saturated heterocycles. The third-order valence-electron chi connectivity index (χ3n) is 6.10. The molecule has 6 rings (SSSR count). The summed E-state index contributed by atoms with van der Waals surface area (Å²) >= 11 is 1.21. The molecule has 0 spiro atoms. The van der Waals surface area contributed by atoms with Crippen LogP contribution in [0.25, 0.3) is 31.8 Å². The molecule has 3 aromatic heterocycles. The van der Waals surface area contributed by atoms with Crippen LogP contribution in [0.4, 0.5) is 14.9 Å². The summed E-state index contributed by atoms with van der Waals surface area (Å²) in [7, 11) is 1.49. The van der Waals surface area contributed by atoms with E-state index in [1.807, 2.05) is 6.92 Å². The number of carbonyl (C=O) groups is 1. The molecule has 0 unspecified atom stereocenters. The van der Waals surface area contributed by atoms with Gasteiger partial charge in [-0.2, -0.15) is 0 Å². The predicted molar refractivity (Wildman–Crippen MR) is 144 cm³/mol. The highest BCUT2D eigenvalue weighted by atomic mass is 32.1. The van der Waals surface area contributed by atoms with E-state index in [2.05, 4.69) is 25.3 Å². The molecule has 1 aliphatic rings. The summed E-state index contributed by atoms with van der Waals surface area (Å²) in [5.74, 6) is 0.266. The van der Waals surface area contributed by atoms with E-state index in [9.17, 15) is 9.90 Å². The van der Waals surface area contributed by atoms with Crippen LogP contribution in [-0.4, -0.2) is 57.6 Å². The molecule has 0 bridgehead atoms. The summed E-state index contributed by atoms with van der Waals surface area (Å²) in [4.78, 5) is 29.7. The lowest BCUT2D eigenvalue weighted by Gasteiger charge is -2.26. The van der Waals surface area contributed by atoms with Crippen LogP contribution in [0.1, 0.15) is 11.3 Å². The van der Waals surface area contributed by atoms with Crippen molar-refractivity contribution in [2.75, 3.05) is 25.6 Å². The first kappa shape index (κ1) is 25.6. The zero-order chi connectivity index (χ0) is 27.8. The quantitative estimate of drug-likeness (QED) is 0.301. The van der Waals surface area contributed by atoms with Gasteiger partial charge in [0.15, 0.2) is 23.4 Å². The normalized spacial score (nSPS) is 14.3. The number of aliphatic hydroxyl groups excluding tert-OH is 1. The minimum Gasteiger partial charge on any atom is -0.484 e. The number of methoxy groups -OCH3 is 1. The topological polar surface area (TPSA) is 138 Å². The van der Waals surface area contributed by atoms with Gasteiger partial charge in [0.2, 0.25) is 5.88 Å². The van der Waals surface area contributed by atoms with Gasteiger partial charge in [0, 0.05) is 29.2 Å². The highest BCUT2D eigenvalue weighted by Crippen LogP contribution is 2.45. The van der Waals surface area contributed by atoms with Gasteiger partial charge in [0.1, 0.15) is 28.4 Å². The number of nitrogens with zero attached hydrogens (tertiary/aromatic N) is 4. The second-order valence-corrected chi connectivity index (χ2v) is 9.92. The van der Waals surface area contributed by atoms with Crippen LogP contribution in [0.2, 0.25) is 0 Å². The number of benzene rings is 2. The number of anilines is 1. The van der Waals surface area contributed by atoms with Crippen LogP contribution in [0.5, 0.6) is 17.4 Å². The van der Waals surface area contributed by atoms with E-state index < -0.39 is 18.0 Å². The molecule has 0 aliphatic carbocycles. The number of carbonyl (C=O) groups excluding carboxylic acids is 1. The molecule has 0 radical (unpaired) electrons. The average Bonchev–Trinajstić information content (AvgIpc) is 3.41. The van der Waals surface area contributed by atoms with Gasteiger partial charge in [-0.25, -0.2) is 24.1 Å². The average molecular weight is 564 g/mol. The summed E-state index contributed by atoms with van der Waals surface area (Å²) < 4.78 is 38.0. The van der Waals surface area contributed by atoms with Crippen molar-refractivity contribution in [2.24, 2.45) is 0 Å². The molecule has 13 heteroatoms. The highest BCUT2D eigenvalue weighted by Gasteiger charge is 2.28. The van der Waals surface area contributed by atoms with E-state index in [0.29, 0.717) is 49.2 Å². The van der Waals surface area contributed by atoms with Gasteiger partial charge in [-0.3, -0.25) is 10.3 Å². The van der Waals surface area contributed by atoms with Crippen LogP contribution in [0.3, 0.4) is 0 Å². The van der Waals surface area contributed by atoms with Crippen LogP contribution in [0, 0.1) is 12.7 Å². The van der Waals surface area contributed by atoms with Gasteiger partial charge in [0.05, 0.1) is 30.9 Å². The number of aliphatic hydroxyl groups is 1. The number of aromatic nitrogens is 4. The lowest BCUT2D eigenvalue weighted by atomic mass is 10.1. The summed E-state index contributed by atoms with van der Waals surface area (Å²) in [6, 6.07) is 8.02. The Kier molecular flexibility index (Phi) is 6.74. The maximum absolute atomic E-state index is 15.2. The molecule has 2 N–H and O–H groups in total. The molecule has 204 valence electrons. The largest absolute Gasteiger partial charge is 0.484 e. The van der Waals surface area contributed by atoms with Gasteiger partial charge in [-0.15, -0.1) is 11.3 Å². The fourth-order valence-electron chi connectivity index (χ4n) is 4.27. The Morgan fingerprint density at radius 3 is 2.90 bits per heavy atom. The smallest absolute Gasteiger partial charge is 0.411 e. The Morgan fingerprint density at radius 1 is 1.23 bits per heavy atom. The van der Waals surface area contributed by atoms with Gasteiger partial charge >= 0.3 is 6.09 Å². The molecule has 40 heavy (non-hydrogen) atoms. The summed E-state index contributed by atoms with van der Waals surface area (Å²) in [6.07, 6.45) is 1.76. The van der Waals surface area contributed by atoms with E-state index in [1.165, 1.54) is 30.7 Å². The van der Waals surface area contributed by atoms with Crippen molar-refractivity contribution < 1.29 is 33.2 Å². The molecule has 1 atom stereocenters. The van der Waals surface area contributed by atoms with Crippen molar-refractivity contribution in [1.29, 1.82) is 0 Å². The molecule has 0 saturated carbocycles. The van der Waals surface area contributed by atoms with Crippen molar-refractivity contribution in [3.05, 3.63) is 59.8 Å². The monoisotopic (exact) mass is 563 g/mol. The number of nitrogens with one attached hydrogen (secondary N) is 1. The van der Waals surface area contributed by atoms with E-state index in [-0.39, 0.29) is 31.1 Å². The van der Waals surface area contributed by atoms with E-state index in [1.54, 1.807) is 30.5 Å². The van der Waals surface area contributed by atoms with Crippen molar-refractivity contribution in [2.45, 2.75) is 19.6 Å². The number of halogens is 1. The molecular formula is C27H22FN5O6S. The van der Waals surface area contributed by atoms with Crippen LogP contribution in [0.15, 0.2) is 42.7 Å². The molecule has 1 aliphatic heterocycles. The third-order valence-corrected chi connectivity index (χ3v) is 7.19. The SMILES string of the molecule is COc1cnc2c(-c3nc4c(F)cc5c(c4s3)OC[C@H](COC(=O)Nc3ccnc(C)c3)O5)cc(CO)cc2n1. The van der Waals surface area contributed by atoms with Gasteiger partial charge in [-0.1, -0.05) is 0 Å². The fraction of sp³-hybridized carbons (Fsp3) is 0.222. The van der Waals surface area contributed by atoms with Gasteiger partial charge < -0.3 is 24.1 Å². The Morgan fingerprint density at radius 2 is 2.10 bits per heavy atom. The molecule has 2 aromatic carbocycles. The molecule has 4 heterocycles. The van der Waals surface area contributed by atoms with Crippen molar-refractivity contribution in [1.82, 2.24) is 19.9 Å². The number of ether oxygens (including phenoxy) is 4. The number of rotatable bonds is 6. The highest BCUT2D eigenvalue weighted by molar-refractivity contribution is 7.22. The lowest BCUT2D eigenvalue weighted by molar-refractivity contribution is 0.0381. The van der Waals surface area contributed by atoms with Gasteiger partial charge in [0.25, 0.3) is 0 Å². The van der Waals surface area contributed by atoms with E-state index in [0.717, 1.165) is 5.69 Å². The number of hydrogen-bond donors (Lipinski definition) is 2. The molecule has 1 amide bonds. The van der Waals surface area contributed by atoms with Crippen LogP contribution in [-0.2, 0) is 11.3 Å². The summed E-state index contributed by atoms with van der Waals surface area (Å²) in [6.45, 7) is 1.56. The van der Waals surface area contributed by atoms with E-state index in [4.69, 9.17) is 18.9 Å². The first-order chi connectivity index (χ1) is 19.4. The Labute approximate surface area is 230 Å². The number of thiazole rings is 1. The minimum atomic E-state index is -0.660. The lowest BCUT2D eigenvalue weighted by Crippen LogP contribution is -2.35. The predicted octanol–water partition coefficient (Wildman–Crippen LogP) is 4.64. The number of pyridine rings is 1.